The van der Waals surface area contributed by atoms with Crippen LogP contribution < -0.4 is 0 Å². The maximum absolute atomic E-state index is 13.6. The molecule has 5 nitrogen and oxygen atoms in total. The van der Waals surface area contributed by atoms with Gasteiger partial charge in [-0.15, -0.1) is 0 Å². The Morgan fingerprint density at radius 3 is 2.14 bits per heavy atom. The first-order valence-electron chi connectivity index (χ1n) is 12.5. The van der Waals surface area contributed by atoms with E-state index in [-0.39, 0.29) is 35.6 Å². The van der Waals surface area contributed by atoms with Gasteiger partial charge in [-0.2, -0.15) is 0 Å². The molecule has 1 heterocycles. The zero-order valence-corrected chi connectivity index (χ0v) is 22.1. The third-order valence-corrected chi connectivity index (χ3v) is 6.04. The van der Waals surface area contributed by atoms with Gasteiger partial charge >= 0.3 is 0 Å². The normalized spacial score (nSPS) is 11.5. The molecule has 6 heteroatoms. The van der Waals surface area contributed by atoms with E-state index in [0.29, 0.717) is 26.1 Å². The van der Waals surface area contributed by atoms with E-state index >= 15 is 0 Å². The Morgan fingerprint density at radius 1 is 0.861 bits per heavy atom. The van der Waals surface area contributed by atoms with E-state index < -0.39 is 0 Å². The number of hydrogen-bond acceptors (Lipinski definition) is 2. The minimum Gasteiger partial charge on any atom is -0.345 e. The second kappa shape index (κ2) is 12.0. The molecule has 3 rings (SSSR count). The zero-order chi connectivity index (χ0) is 26.3. The molecule has 3 aromatic rings. The lowest BCUT2D eigenvalue weighted by molar-refractivity contribution is -0.143. The van der Waals surface area contributed by atoms with Gasteiger partial charge in [-0.25, -0.2) is 4.39 Å². The summed E-state index contributed by atoms with van der Waals surface area (Å²) < 4.78 is 15.4. The third kappa shape index (κ3) is 8.08. The zero-order valence-electron chi connectivity index (χ0n) is 22.1. The Morgan fingerprint density at radius 2 is 1.53 bits per heavy atom. The maximum Gasteiger partial charge on any atom is 0.242 e. The van der Waals surface area contributed by atoms with Crippen molar-refractivity contribution in [3.63, 3.8) is 0 Å². The van der Waals surface area contributed by atoms with Gasteiger partial charge in [0.25, 0.3) is 0 Å². The van der Waals surface area contributed by atoms with Crippen molar-refractivity contribution in [3.8, 4) is 0 Å². The first kappa shape index (κ1) is 27.2. The molecule has 1 aromatic heterocycles. The standard InChI is InChI=1S/C30H38FN3O2/c1-23(2)34(28(35)18-30(3,4)5)22-29(36)33(20-24-10-7-6-8-11-24)21-27-12-9-17-32(27)19-25-13-15-26(31)16-14-25/h6-17,23H,18-22H2,1-5H3. The molecule has 2 aromatic carbocycles. The molecule has 0 aliphatic heterocycles. The fourth-order valence-electron chi connectivity index (χ4n) is 4.13. The second-order valence-corrected chi connectivity index (χ2v) is 10.8. The van der Waals surface area contributed by atoms with Gasteiger partial charge in [-0.1, -0.05) is 63.2 Å². The number of carbonyl (C=O) groups is 2. The van der Waals surface area contributed by atoms with Crippen molar-refractivity contribution >= 4 is 11.8 Å². The summed E-state index contributed by atoms with van der Waals surface area (Å²) in [6, 6.07) is 20.2. The predicted octanol–water partition coefficient (Wildman–Crippen LogP) is 5.88. The fraction of sp³-hybridized carbons (Fsp3) is 0.400. The highest BCUT2D eigenvalue weighted by Gasteiger charge is 2.27. The van der Waals surface area contributed by atoms with Crippen LogP contribution in [-0.2, 0) is 29.2 Å². The smallest absolute Gasteiger partial charge is 0.242 e. The largest absolute Gasteiger partial charge is 0.345 e. The average molecular weight is 492 g/mol. The van der Waals surface area contributed by atoms with Crippen LogP contribution in [0, 0.1) is 11.2 Å². The van der Waals surface area contributed by atoms with Crippen LogP contribution in [0.3, 0.4) is 0 Å². The number of halogens is 1. The fourth-order valence-corrected chi connectivity index (χ4v) is 4.13. The monoisotopic (exact) mass is 491 g/mol. The Kier molecular flexibility index (Phi) is 9.08. The van der Waals surface area contributed by atoms with Crippen LogP contribution in [0.25, 0.3) is 0 Å². The number of rotatable bonds is 10. The highest BCUT2D eigenvalue weighted by atomic mass is 19.1. The number of hydrogen-bond donors (Lipinski definition) is 0. The number of carbonyl (C=O) groups excluding carboxylic acids is 2. The van der Waals surface area contributed by atoms with E-state index in [0.717, 1.165) is 16.8 Å². The molecule has 0 N–H and O–H groups in total. The van der Waals surface area contributed by atoms with E-state index in [1.54, 1.807) is 17.0 Å². The molecule has 0 saturated heterocycles. The first-order chi connectivity index (χ1) is 17.0. The predicted molar refractivity (Wildman–Crippen MR) is 142 cm³/mol. The molecular formula is C30H38FN3O2. The molecule has 0 aliphatic carbocycles. The summed E-state index contributed by atoms with van der Waals surface area (Å²) in [5.74, 6) is -0.364. The van der Waals surface area contributed by atoms with Gasteiger partial charge in [0.2, 0.25) is 11.8 Å². The number of aromatic nitrogens is 1. The Bertz CT molecular complexity index is 1130. The van der Waals surface area contributed by atoms with Gasteiger partial charge in [0.1, 0.15) is 5.82 Å². The second-order valence-electron chi connectivity index (χ2n) is 10.8. The van der Waals surface area contributed by atoms with Crippen LogP contribution in [0.4, 0.5) is 4.39 Å². The van der Waals surface area contributed by atoms with E-state index in [1.807, 2.05) is 88.2 Å². The van der Waals surface area contributed by atoms with Crippen molar-refractivity contribution in [2.45, 2.75) is 66.7 Å². The van der Waals surface area contributed by atoms with Gasteiger partial charge in [-0.05, 0) is 54.7 Å². The highest BCUT2D eigenvalue weighted by Crippen LogP contribution is 2.21. The molecule has 0 radical (unpaired) electrons. The summed E-state index contributed by atoms with van der Waals surface area (Å²) in [7, 11) is 0. The van der Waals surface area contributed by atoms with Crippen LogP contribution in [0.5, 0.6) is 0 Å². The Balaban J connectivity index is 1.82. The van der Waals surface area contributed by atoms with E-state index in [9.17, 15) is 14.0 Å². The van der Waals surface area contributed by atoms with Crippen molar-refractivity contribution in [1.29, 1.82) is 0 Å². The quantitative estimate of drug-likeness (QED) is 0.356. The SMILES string of the molecule is CC(C)N(CC(=O)N(Cc1ccccc1)Cc1cccn1Cc1ccc(F)cc1)C(=O)CC(C)(C)C. The molecule has 0 spiro atoms. The summed E-state index contributed by atoms with van der Waals surface area (Å²) in [6.07, 6.45) is 2.36. The number of amides is 2. The third-order valence-electron chi connectivity index (χ3n) is 6.04. The molecule has 0 unspecified atom stereocenters. The molecule has 0 fully saturated rings. The van der Waals surface area contributed by atoms with E-state index in [2.05, 4.69) is 4.57 Å². The Hall–Kier alpha value is -3.41. The molecule has 0 aliphatic rings. The molecule has 2 amide bonds. The molecule has 0 bridgehead atoms. The van der Waals surface area contributed by atoms with Gasteiger partial charge < -0.3 is 14.4 Å². The minimum absolute atomic E-state index is 0.00908. The van der Waals surface area contributed by atoms with Crippen molar-refractivity contribution in [1.82, 2.24) is 14.4 Å². The van der Waals surface area contributed by atoms with Gasteiger partial charge in [0.15, 0.2) is 0 Å². The number of benzene rings is 2. The lowest BCUT2D eigenvalue weighted by Gasteiger charge is -2.32. The first-order valence-corrected chi connectivity index (χ1v) is 12.5. The average Bonchev–Trinajstić information content (AvgIpc) is 3.24. The summed E-state index contributed by atoms with van der Waals surface area (Å²) in [5, 5.41) is 0. The minimum atomic E-state index is -0.262. The molecule has 0 atom stereocenters. The van der Waals surface area contributed by atoms with E-state index in [4.69, 9.17) is 0 Å². The van der Waals surface area contributed by atoms with Crippen molar-refractivity contribution in [3.05, 3.63) is 95.6 Å². The van der Waals surface area contributed by atoms with Crippen LogP contribution >= 0.6 is 0 Å². The van der Waals surface area contributed by atoms with Gasteiger partial charge in [0, 0.05) is 37.4 Å². The van der Waals surface area contributed by atoms with Crippen LogP contribution in [0.2, 0.25) is 0 Å². The number of nitrogens with zero attached hydrogens (tertiary/aromatic N) is 3. The van der Waals surface area contributed by atoms with Gasteiger partial charge in [0.05, 0.1) is 13.1 Å². The van der Waals surface area contributed by atoms with E-state index in [1.165, 1.54) is 12.1 Å². The molecule has 192 valence electrons. The lowest BCUT2D eigenvalue weighted by atomic mass is 9.91. The maximum atomic E-state index is 13.6. The molecule has 36 heavy (non-hydrogen) atoms. The summed E-state index contributed by atoms with van der Waals surface area (Å²) in [6.45, 7) is 11.5. The van der Waals surface area contributed by atoms with Gasteiger partial charge in [-0.3, -0.25) is 9.59 Å². The lowest BCUT2D eigenvalue weighted by Crippen LogP contribution is -2.46. The summed E-state index contributed by atoms with van der Waals surface area (Å²) >= 11 is 0. The van der Waals surface area contributed by atoms with Crippen LogP contribution in [0.1, 0.15) is 57.9 Å². The summed E-state index contributed by atoms with van der Waals surface area (Å²) in [4.78, 5) is 30.2. The van der Waals surface area contributed by atoms with Crippen molar-refractivity contribution in [2.24, 2.45) is 5.41 Å². The topological polar surface area (TPSA) is 45.6 Å². The Labute approximate surface area is 214 Å². The molecule has 0 saturated carbocycles. The van der Waals surface area contributed by atoms with Crippen LogP contribution in [-0.4, -0.2) is 38.8 Å². The van der Waals surface area contributed by atoms with Crippen molar-refractivity contribution < 1.29 is 14.0 Å². The van der Waals surface area contributed by atoms with Crippen LogP contribution in [0.15, 0.2) is 72.9 Å². The molecular weight excluding hydrogens is 453 g/mol. The highest BCUT2D eigenvalue weighted by molar-refractivity contribution is 5.85. The van der Waals surface area contributed by atoms with Crippen molar-refractivity contribution in [2.75, 3.05) is 6.54 Å². The summed E-state index contributed by atoms with van der Waals surface area (Å²) in [5.41, 5.74) is 2.83.